The van der Waals surface area contributed by atoms with Crippen LogP contribution in [0.2, 0.25) is 0 Å². The smallest absolute Gasteiger partial charge is 0.422 e. The summed E-state index contributed by atoms with van der Waals surface area (Å²) in [5.41, 5.74) is 0.534. The molecule has 0 saturated carbocycles. The maximum absolute atomic E-state index is 12.1. The van der Waals surface area contributed by atoms with Crippen molar-refractivity contribution in [3.8, 4) is 5.88 Å². The SMILES string of the molecule is O=C(Nc1ccc(I)cc1)c1cccc(OCC(F)(F)F)n1. The lowest BCUT2D eigenvalue weighted by Crippen LogP contribution is -2.20. The second-order valence-corrected chi connectivity index (χ2v) is 5.47. The number of anilines is 1. The van der Waals surface area contributed by atoms with E-state index in [-0.39, 0.29) is 11.6 Å². The fourth-order valence-electron chi connectivity index (χ4n) is 1.51. The number of halogens is 4. The van der Waals surface area contributed by atoms with E-state index < -0.39 is 18.7 Å². The summed E-state index contributed by atoms with van der Waals surface area (Å²) < 4.78 is 41.8. The average molecular weight is 422 g/mol. The van der Waals surface area contributed by atoms with E-state index in [0.29, 0.717) is 5.69 Å². The molecular weight excluding hydrogens is 412 g/mol. The van der Waals surface area contributed by atoms with Crippen molar-refractivity contribution >= 4 is 34.2 Å². The van der Waals surface area contributed by atoms with E-state index in [9.17, 15) is 18.0 Å². The van der Waals surface area contributed by atoms with Crippen molar-refractivity contribution in [2.45, 2.75) is 6.18 Å². The number of nitrogens with one attached hydrogen (secondary N) is 1. The number of rotatable bonds is 4. The molecule has 1 heterocycles. The summed E-state index contributed by atoms with van der Waals surface area (Å²) in [6.45, 7) is -1.46. The minimum Gasteiger partial charge on any atom is -0.468 e. The fourth-order valence-corrected chi connectivity index (χ4v) is 1.87. The lowest BCUT2D eigenvalue weighted by molar-refractivity contribution is -0.154. The van der Waals surface area contributed by atoms with Gasteiger partial charge in [-0.05, 0) is 52.9 Å². The second-order valence-electron chi connectivity index (χ2n) is 4.23. The second kappa shape index (κ2) is 6.95. The number of hydrogen-bond acceptors (Lipinski definition) is 3. The predicted octanol–water partition coefficient (Wildman–Crippen LogP) is 3.88. The normalized spacial score (nSPS) is 11.1. The van der Waals surface area contributed by atoms with Crippen LogP contribution in [0.1, 0.15) is 10.5 Å². The number of benzene rings is 1. The van der Waals surface area contributed by atoms with E-state index in [2.05, 4.69) is 37.6 Å². The number of carbonyl (C=O) groups is 1. The largest absolute Gasteiger partial charge is 0.468 e. The number of amides is 1. The van der Waals surface area contributed by atoms with Gasteiger partial charge >= 0.3 is 6.18 Å². The number of aromatic nitrogens is 1. The molecule has 0 radical (unpaired) electrons. The highest BCUT2D eigenvalue weighted by atomic mass is 127. The Labute approximate surface area is 137 Å². The quantitative estimate of drug-likeness (QED) is 0.762. The molecule has 0 bridgehead atoms. The third-order valence-corrected chi connectivity index (χ3v) is 3.16. The molecule has 2 aromatic rings. The van der Waals surface area contributed by atoms with Gasteiger partial charge in [-0.1, -0.05) is 6.07 Å². The molecule has 0 aliphatic heterocycles. The van der Waals surface area contributed by atoms with Crippen LogP contribution in [0.3, 0.4) is 0 Å². The van der Waals surface area contributed by atoms with E-state index in [0.717, 1.165) is 3.57 Å². The van der Waals surface area contributed by atoms with Crippen molar-refractivity contribution < 1.29 is 22.7 Å². The molecule has 0 aliphatic rings. The van der Waals surface area contributed by atoms with E-state index in [1.165, 1.54) is 18.2 Å². The van der Waals surface area contributed by atoms with Gasteiger partial charge in [0.05, 0.1) is 0 Å². The van der Waals surface area contributed by atoms with E-state index in [1.54, 1.807) is 12.1 Å². The molecule has 116 valence electrons. The number of hydrogen-bond donors (Lipinski definition) is 1. The van der Waals surface area contributed by atoms with Crippen LogP contribution >= 0.6 is 22.6 Å². The molecule has 0 saturated heterocycles. The Hall–Kier alpha value is -1.84. The van der Waals surface area contributed by atoms with E-state index in [1.807, 2.05) is 12.1 Å². The van der Waals surface area contributed by atoms with Crippen LogP contribution in [0.25, 0.3) is 0 Å². The molecule has 22 heavy (non-hydrogen) atoms. The van der Waals surface area contributed by atoms with Gasteiger partial charge in [0.25, 0.3) is 5.91 Å². The molecule has 0 spiro atoms. The van der Waals surface area contributed by atoms with Crippen LogP contribution < -0.4 is 10.1 Å². The molecule has 0 atom stereocenters. The first kappa shape index (κ1) is 16.5. The number of alkyl halides is 3. The first-order valence-electron chi connectivity index (χ1n) is 6.07. The minimum atomic E-state index is -4.46. The topological polar surface area (TPSA) is 51.2 Å². The van der Waals surface area contributed by atoms with Crippen molar-refractivity contribution in [1.29, 1.82) is 0 Å². The first-order valence-corrected chi connectivity index (χ1v) is 7.15. The Balaban J connectivity index is 2.05. The van der Waals surface area contributed by atoms with Crippen molar-refractivity contribution in [3.63, 3.8) is 0 Å². The Morgan fingerprint density at radius 3 is 2.50 bits per heavy atom. The van der Waals surface area contributed by atoms with Gasteiger partial charge in [-0.15, -0.1) is 0 Å². The Morgan fingerprint density at radius 1 is 1.18 bits per heavy atom. The molecule has 1 aromatic carbocycles. The van der Waals surface area contributed by atoms with Gasteiger partial charge in [0.1, 0.15) is 5.69 Å². The zero-order chi connectivity index (χ0) is 16.2. The summed E-state index contributed by atoms with van der Waals surface area (Å²) in [7, 11) is 0. The summed E-state index contributed by atoms with van der Waals surface area (Å²) in [4.78, 5) is 15.8. The van der Waals surface area contributed by atoms with Gasteiger partial charge in [0, 0.05) is 15.3 Å². The van der Waals surface area contributed by atoms with Gasteiger partial charge in [-0.2, -0.15) is 13.2 Å². The fraction of sp³-hybridized carbons (Fsp3) is 0.143. The molecule has 4 nitrogen and oxygen atoms in total. The summed E-state index contributed by atoms with van der Waals surface area (Å²) >= 11 is 2.13. The number of carbonyl (C=O) groups excluding carboxylic acids is 1. The third-order valence-electron chi connectivity index (χ3n) is 2.44. The summed E-state index contributed by atoms with van der Waals surface area (Å²) in [5.74, 6) is -0.786. The number of nitrogens with zero attached hydrogens (tertiary/aromatic N) is 1. The maximum atomic E-state index is 12.1. The molecule has 1 aromatic heterocycles. The van der Waals surface area contributed by atoms with Crippen molar-refractivity contribution in [2.24, 2.45) is 0 Å². The number of pyridine rings is 1. The Kier molecular flexibility index (Phi) is 5.22. The highest BCUT2D eigenvalue weighted by molar-refractivity contribution is 14.1. The summed E-state index contributed by atoms with van der Waals surface area (Å²) in [5, 5.41) is 2.60. The van der Waals surface area contributed by atoms with Crippen LogP contribution in [-0.4, -0.2) is 23.7 Å². The summed E-state index contributed by atoms with van der Waals surface area (Å²) in [6, 6.07) is 11.1. The lowest BCUT2D eigenvalue weighted by Gasteiger charge is -2.09. The third kappa shape index (κ3) is 5.17. The van der Waals surface area contributed by atoms with Gasteiger partial charge < -0.3 is 10.1 Å². The van der Waals surface area contributed by atoms with Crippen LogP contribution in [0.15, 0.2) is 42.5 Å². The predicted molar refractivity (Wildman–Crippen MR) is 82.9 cm³/mol. The van der Waals surface area contributed by atoms with Crippen molar-refractivity contribution in [3.05, 3.63) is 51.7 Å². The molecule has 8 heteroatoms. The Morgan fingerprint density at radius 2 is 1.86 bits per heavy atom. The van der Waals surface area contributed by atoms with Crippen LogP contribution in [0.5, 0.6) is 5.88 Å². The van der Waals surface area contributed by atoms with Crippen LogP contribution in [-0.2, 0) is 0 Å². The minimum absolute atomic E-state index is 0.0294. The zero-order valence-electron chi connectivity index (χ0n) is 11.0. The average Bonchev–Trinajstić information content (AvgIpc) is 2.47. The van der Waals surface area contributed by atoms with Crippen molar-refractivity contribution in [1.82, 2.24) is 4.98 Å². The molecule has 0 aliphatic carbocycles. The van der Waals surface area contributed by atoms with E-state index in [4.69, 9.17) is 0 Å². The molecule has 0 fully saturated rings. The molecule has 2 rings (SSSR count). The van der Waals surface area contributed by atoms with E-state index >= 15 is 0 Å². The van der Waals surface area contributed by atoms with Crippen LogP contribution in [0, 0.1) is 3.57 Å². The standard InChI is InChI=1S/C14H10F3IN2O2/c15-14(16,17)8-22-12-3-1-2-11(20-12)13(21)19-10-6-4-9(18)5-7-10/h1-7H,8H2,(H,19,21). The maximum Gasteiger partial charge on any atom is 0.422 e. The van der Waals surface area contributed by atoms with Gasteiger partial charge in [-0.25, -0.2) is 4.98 Å². The van der Waals surface area contributed by atoms with Gasteiger partial charge in [-0.3, -0.25) is 4.79 Å². The summed E-state index contributed by atoms with van der Waals surface area (Å²) in [6.07, 6.45) is -4.46. The first-order chi connectivity index (χ1) is 10.3. The highest BCUT2D eigenvalue weighted by Crippen LogP contribution is 2.18. The molecular formula is C14H10F3IN2O2. The monoisotopic (exact) mass is 422 g/mol. The molecule has 1 N–H and O–H groups in total. The molecule has 1 amide bonds. The van der Waals surface area contributed by atoms with Crippen molar-refractivity contribution in [2.75, 3.05) is 11.9 Å². The highest BCUT2D eigenvalue weighted by Gasteiger charge is 2.28. The van der Waals surface area contributed by atoms with Gasteiger partial charge in [0.15, 0.2) is 6.61 Å². The van der Waals surface area contributed by atoms with Crippen LogP contribution in [0.4, 0.5) is 18.9 Å². The number of ether oxygens (including phenoxy) is 1. The Bertz CT molecular complexity index is 660. The lowest BCUT2D eigenvalue weighted by atomic mass is 10.3. The molecule has 0 unspecified atom stereocenters. The van der Waals surface area contributed by atoms with Gasteiger partial charge in [0.2, 0.25) is 5.88 Å². The zero-order valence-corrected chi connectivity index (χ0v) is 13.2.